The maximum absolute atomic E-state index is 12.2. The van der Waals surface area contributed by atoms with Gasteiger partial charge in [0, 0.05) is 5.69 Å². The molecule has 0 aliphatic carbocycles. The van der Waals surface area contributed by atoms with E-state index in [4.69, 9.17) is 11.2 Å². The number of para-hydroxylation sites is 1. The summed E-state index contributed by atoms with van der Waals surface area (Å²) in [6.45, 7) is -0.168. The molecule has 2 aromatic carbocycles. The Labute approximate surface area is 166 Å². The van der Waals surface area contributed by atoms with Crippen LogP contribution in [0, 0.1) is 12.3 Å². The van der Waals surface area contributed by atoms with Crippen LogP contribution >= 0.6 is 11.8 Å². The highest BCUT2D eigenvalue weighted by molar-refractivity contribution is 8.18. The van der Waals surface area contributed by atoms with Crippen molar-refractivity contribution in [3.63, 3.8) is 0 Å². The number of rotatable bonds is 6. The molecule has 0 aromatic heterocycles. The number of carbonyl (C=O) groups excluding carboxylic acids is 3. The summed E-state index contributed by atoms with van der Waals surface area (Å²) in [5.41, 5.74) is 1.43. The van der Waals surface area contributed by atoms with Gasteiger partial charge >= 0.3 is 0 Å². The van der Waals surface area contributed by atoms with Gasteiger partial charge in [-0.3, -0.25) is 19.3 Å². The molecule has 7 heteroatoms. The Morgan fingerprint density at radius 1 is 1.14 bits per heavy atom. The molecule has 1 N–H and O–H groups in total. The summed E-state index contributed by atoms with van der Waals surface area (Å²) < 4.78 is 5.46. The molecular formula is C21H16N2O4S. The van der Waals surface area contributed by atoms with Gasteiger partial charge in [0.25, 0.3) is 17.1 Å². The fourth-order valence-electron chi connectivity index (χ4n) is 2.41. The highest BCUT2D eigenvalue weighted by Crippen LogP contribution is 2.32. The van der Waals surface area contributed by atoms with Gasteiger partial charge in [-0.2, -0.15) is 0 Å². The van der Waals surface area contributed by atoms with E-state index in [2.05, 4.69) is 11.2 Å². The van der Waals surface area contributed by atoms with Gasteiger partial charge in [0.05, 0.1) is 11.4 Å². The van der Waals surface area contributed by atoms with Gasteiger partial charge in [-0.1, -0.05) is 36.3 Å². The Hall–Kier alpha value is -3.50. The average Bonchev–Trinajstić information content (AvgIpc) is 2.96. The third-order valence-corrected chi connectivity index (χ3v) is 4.64. The highest BCUT2D eigenvalue weighted by Gasteiger charge is 2.34. The molecule has 0 spiro atoms. The van der Waals surface area contributed by atoms with E-state index in [1.165, 1.54) is 0 Å². The van der Waals surface area contributed by atoms with Gasteiger partial charge < -0.3 is 10.1 Å². The van der Waals surface area contributed by atoms with Gasteiger partial charge in [0.1, 0.15) is 5.75 Å². The number of nitrogens with zero attached hydrogens (tertiary/aromatic N) is 1. The number of terminal acetylenes is 1. The molecule has 0 radical (unpaired) electrons. The molecular weight excluding hydrogens is 376 g/mol. The minimum atomic E-state index is -0.397. The van der Waals surface area contributed by atoms with Crippen LogP contribution in [0.3, 0.4) is 0 Å². The molecule has 1 aliphatic rings. The second kappa shape index (κ2) is 8.93. The van der Waals surface area contributed by atoms with Crippen molar-refractivity contribution in [1.82, 2.24) is 4.90 Å². The first-order valence-electron chi connectivity index (χ1n) is 8.33. The lowest BCUT2D eigenvalue weighted by molar-refractivity contribution is -0.122. The van der Waals surface area contributed by atoms with Gasteiger partial charge in [0.15, 0.2) is 6.61 Å². The van der Waals surface area contributed by atoms with Crippen molar-refractivity contribution < 1.29 is 19.1 Å². The topological polar surface area (TPSA) is 75.7 Å². The summed E-state index contributed by atoms with van der Waals surface area (Å²) in [5, 5.41) is 2.35. The van der Waals surface area contributed by atoms with Gasteiger partial charge in [0.2, 0.25) is 0 Å². The zero-order valence-corrected chi connectivity index (χ0v) is 15.6. The van der Waals surface area contributed by atoms with E-state index in [-0.39, 0.29) is 24.3 Å². The SMILES string of the molecule is C#CCN1C(=O)S/C(=C/c2ccc(OCC(=O)Nc3ccccc3)cc2)C1=O. The van der Waals surface area contributed by atoms with Crippen LogP contribution < -0.4 is 10.1 Å². The number of amides is 3. The predicted octanol–water partition coefficient (Wildman–Crippen LogP) is 3.37. The fourth-order valence-corrected chi connectivity index (χ4v) is 3.24. The van der Waals surface area contributed by atoms with E-state index in [1.807, 2.05) is 18.2 Å². The fraction of sp³-hybridized carbons (Fsp3) is 0.0952. The monoisotopic (exact) mass is 392 g/mol. The van der Waals surface area contributed by atoms with Crippen LogP contribution in [0.2, 0.25) is 0 Å². The number of anilines is 1. The first-order valence-corrected chi connectivity index (χ1v) is 9.15. The molecule has 1 aliphatic heterocycles. The Morgan fingerprint density at radius 3 is 2.54 bits per heavy atom. The van der Waals surface area contributed by atoms with Crippen LogP contribution in [0.1, 0.15) is 5.56 Å². The summed E-state index contributed by atoms with van der Waals surface area (Å²) in [5.74, 6) is 2.15. The van der Waals surface area contributed by atoms with Crippen molar-refractivity contribution in [3.05, 3.63) is 65.1 Å². The van der Waals surface area contributed by atoms with Crippen LogP contribution in [0.25, 0.3) is 6.08 Å². The number of hydrogen-bond donors (Lipinski definition) is 1. The molecule has 0 atom stereocenters. The normalized spacial score (nSPS) is 14.8. The predicted molar refractivity (Wildman–Crippen MR) is 109 cm³/mol. The van der Waals surface area contributed by atoms with Crippen molar-refractivity contribution in [1.29, 1.82) is 0 Å². The standard InChI is InChI=1S/C21H16N2O4S/c1-2-12-23-20(25)18(28-21(23)26)13-15-8-10-17(11-9-15)27-14-19(24)22-16-6-4-3-5-7-16/h1,3-11,13H,12,14H2,(H,22,24)/b18-13+. The Balaban J connectivity index is 1.57. The Kier molecular flexibility index (Phi) is 6.14. The molecule has 0 bridgehead atoms. The van der Waals surface area contributed by atoms with Crippen LogP contribution in [-0.4, -0.2) is 35.1 Å². The molecule has 0 saturated carbocycles. The highest BCUT2D eigenvalue weighted by atomic mass is 32.2. The number of nitrogens with one attached hydrogen (secondary N) is 1. The van der Waals surface area contributed by atoms with Crippen molar-refractivity contribution in [2.45, 2.75) is 0 Å². The number of thioether (sulfide) groups is 1. The number of hydrogen-bond acceptors (Lipinski definition) is 5. The molecule has 6 nitrogen and oxygen atoms in total. The van der Waals surface area contributed by atoms with E-state index in [0.717, 1.165) is 22.2 Å². The molecule has 1 fully saturated rings. The van der Waals surface area contributed by atoms with Crippen LogP contribution in [0.15, 0.2) is 59.5 Å². The Morgan fingerprint density at radius 2 is 1.86 bits per heavy atom. The van der Waals surface area contributed by atoms with E-state index in [0.29, 0.717) is 16.3 Å². The molecule has 0 unspecified atom stereocenters. The number of benzene rings is 2. The number of ether oxygens (including phenoxy) is 1. The van der Waals surface area contributed by atoms with Crippen LogP contribution in [0.5, 0.6) is 5.75 Å². The maximum Gasteiger partial charge on any atom is 0.294 e. The average molecular weight is 392 g/mol. The molecule has 1 heterocycles. The van der Waals surface area contributed by atoms with E-state index >= 15 is 0 Å². The minimum absolute atomic E-state index is 0.0418. The van der Waals surface area contributed by atoms with Crippen LogP contribution in [0.4, 0.5) is 10.5 Å². The van der Waals surface area contributed by atoms with Crippen molar-refractivity contribution in [2.75, 3.05) is 18.5 Å². The van der Waals surface area contributed by atoms with E-state index in [9.17, 15) is 14.4 Å². The summed E-state index contributed by atoms with van der Waals surface area (Å²) in [7, 11) is 0. The summed E-state index contributed by atoms with van der Waals surface area (Å²) >= 11 is 0.855. The smallest absolute Gasteiger partial charge is 0.294 e. The Bertz CT molecular complexity index is 962. The van der Waals surface area contributed by atoms with Crippen LogP contribution in [-0.2, 0) is 9.59 Å². The first kappa shape index (κ1) is 19.3. The summed E-state index contributed by atoms with van der Waals surface area (Å²) in [6, 6.07) is 16.0. The third-order valence-electron chi connectivity index (χ3n) is 3.73. The van der Waals surface area contributed by atoms with E-state index < -0.39 is 5.91 Å². The van der Waals surface area contributed by atoms with Gasteiger partial charge in [-0.25, -0.2) is 0 Å². The molecule has 3 amide bonds. The second-order valence-corrected chi connectivity index (χ2v) is 6.74. The van der Waals surface area contributed by atoms with Gasteiger partial charge in [-0.15, -0.1) is 6.42 Å². The number of imide groups is 1. The number of carbonyl (C=O) groups is 3. The lowest BCUT2D eigenvalue weighted by Gasteiger charge is -2.08. The first-order chi connectivity index (χ1) is 13.6. The largest absolute Gasteiger partial charge is 0.484 e. The molecule has 28 heavy (non-hydrogen) atoms. The van der Waals surface area contributed by atoms with Crippen molar-refractivity contribution in [3.8, 4) is 18.1 Å². The maximum atomic E-state index is 12.2. The van der Waals surface area contributed by atoms with Gasteiger partial charge in [-0.05, 0) is 47.7 Å². The molecule has 140 valence electrons. The summed E-state index contributed by atoms with van der Waals surface area (Å²) in [4.78, 5) is 37.2. The van der Waals surface area contributed by atoms with Crippen molar-refractivity contribution >= 4 is 40.6 Å². The second-order valence-electron chi connectivity index (χ2n) is 5.74. The minimum Gasteiger partial charge on any atom is -0.484 e. The summed E-state index contributed by atoms with van der Waals surface area (Å²) in [6.07, 6.45) is 6.79. The molecule has 2 aromatic rings. The third kappa shape index (κ3) is 4.81. The van der Waals surface area contributed by atoms with E-state index in [1.54, 1.807) is 42.5 Å². The lowest BCUT2D eigenvalue weighted by atomic mass is 10.2. The van der Waals surface area contributed by atoms with Crippen molar-refractivity contribution in [2.24, 2.45) is 0 Å². The molecule has 3 rings (SSSR count). The zero-order valence-electron chi connectivity index (χ0n) is 14.8. The lowest BCUT2D eigenvalue weighted by Crippen LogP contribution is -2.28. The molecule has 1 saturated heterocycles. The quantitative estimate of drug-likeness (QED) is 0.603. The zero-order chi connectivity index (χ0) is 19.9.